The zero-order valence-electron chi connectivity index (χ0n) is 70.1. The molecule has 0 heterocycles. The Bertz CT molecular complexity index is 2020. The van der Waals surface area contributed by atoms with Gasteiger partial charge in [0.25, 0.3) is 0 Å². The van der Waals surface area contributed by atoms with E-state index >= 15 is 0 Å². The number of aliphatic hydroxyl groups is 1. The van der Waals surface area contributed by atoms with Crippen LogP contribution in [-0.2, 0) is 65.4 Å². The zero-order valence-corrected chi connectivity index (χ0v) is 71.9. The summed E-state index contributed by atoms with van der Waals surface area (Å²) in [5.74, 6) is -2.09. The number of unbranched alkanes of at least 4 members (excludes halogenated alkanes) is 63. The molecule has 0 amide bonds. The Hall–Kier alpha value is -1.94. The molecule has 0 aromatic heterocycles. The van der Waals surface area contributed by atoms with Crippen molar-refractivity contribution in [1.29, 1.82) is 0 Å². The second-order valence-corrected chi connectivity index (χ2v) is 34.5. The maximum Gasteiger partial charge on any atom is 0.472 e. The van der Waals surface area contributed by atoms with Gasteiger partial charge in [-0.15, -0.1) is 0 Å². The molecule has 0 radical (unpaired) electrons. The van der Waals surface area contributed by atoms with Gasteiger partial charge in [-0.05, 0) is 25.7 Å². The van der Waals surface area contributed by atoms with Crippen LogP contribution in [0.1, 0.15) is 484 Å². The van der Waals surface area contributed by atoms with E-state index in [1.165, 1.54) is 315 Å². The van der Waals surface area contributed by atoms with Crippen LogP contribution in [0.4, 0.5) is 0 Å². The van der Waals surface area contributed by atoms with Crippen molar-refractivity contribution in [1.82, 2.24) is 0 Å². The molecule has 0 aliphatic heterocycles. The molecule has 636 valence electrons. The highest BCUT2D eigenvalue weighted by Crippen LogP contribution is 2.45. The molecule has 2 unspecified atom stereocenters. The Kier molecular flexibility index (Phi) is 80.6. The van der Waals surface area contributed by atoms with Crippen LogP contribution >= 0.6 is 15.6 Å². The molecule has 19 heteroatoms. The number of esters is 4. The van der Waals surface area contributed by atoms with Gasteiger partial charge in [0.1, 0.15) is 19.3 Å². The lowest BCUT2D eigenvalue weighted by molar-refractivity contribution is -0.161. The predicted octanol–water partition coefficient (Wildman–Crippen LogP) is 27.3. The van der Waals surface area contributed by atoms with E-state index in [1.54, 1.807) is 0 Å². The summed E-state index contributed by atoms with van der Waals surface area (Å²) < 4.78 is 69.0. The number of hydrogen-bond donors (Lipinski definition) is 3. The molecule has 107 heavy (non-hydrogen) atoms. The first-order valence-electron chi connectivity index (χ1n) is 45.8. The van der Waals surface area contributed by atoms with E-state index in [0.29, 0.717) is 25.7 Å². The molecule has 0 aromatic rings. The van der Waals surface area contributed by atoms with Crippen molar-refractivity contribution in [2.45, 2.75) is 502 Å². The molecular formula is C88H172O17P2. The third-order valence-corrected chi connectivity index (χ3v) is 22.8. The topological polar surface area (TPSA) is 237 Å². The van der Waals surface area contributed by atoms with Gasteiger partial charge in [-0.1, -0.05) is 432 Å². The van der Waals surface area contributed by atoms with E-state index in [9.17, 15) is 43.2 Å². The van der Waals surface area contributed by atoms with Crippen LogP contribution in [0.15, 0.2) is 0 Å². The van der Waals surface area contributed by atoms with Gasteiger partial charge in [0, 0.05) is 25.7 Å². The molecule has 0 saturated heterocycles. The number of phosphoric acid groups is 2. The van der Waals surface area contributed by atoms with Crippen LogP contribution in [0.5, 0.6) is 0 Å². The van der Waals surface area contributed by atoms with Crippen LogP contribution in [0.25, 0.3) is 0 Å². The molecule has 0 saturated carbocycles. The predicted molar refractivity (Wildman–Crippen MR) is 442 cm³/mol. The minimum absolute atomic E-state index is 0.109. The maximum atomic E-state index is 13.2. The standard InChI is InChI=1S/C88H172O17P2/c1-5-9-13-17-21-25-29-32-35-38-40-41-43-45-48-51-55-59-63-67-71-75-88(93)105-84(79-99-86(91)73-69-65-61-57-53-49-47-44-42-39-36-33-30-26-22-18-14-10-6-2)81-103-107(96,97)101-77-82(89)76-100-106(94,95)102-80-83(78-98-85(90)72-68-64-60-56-52-28-24-20-16-12-8-4)104-87(92)74-70-66-62-58-54-50-46-37-34-31-27-23-19-15-11-7-3/h82-84,89H,5-81H2,1-4H3,(H,94,95)(H,96,97)/t82-,83+,84+/m0/s1. The molecular weight excluding hydrogens is 1390 g/mol. The average Bonchev–Trinajstić information content (AvgIpc) is 0.901. The first-order valence-corrected chi connectivity index (χ1v) is 48.8. The Balaban J connectivity index is 5.23. The second-order valence-electron chi connectivity index (χ2n) is 31.6. The molecule has 0 aromatic carbocycles. The third-order valence-electron chi connectivity index (χ3n) is 20.9. The Morgan fingerprint density at radius 3 is 0.551 bits per heavy atom. The van der Waals surface area contributed by atoms with E-state index in [2.05, 4.69) is 27.7 Å². The molecule has 0 rings (SSSR count). The summed E-state index contributed by atoms with van der Waals surface area (Å²) in [5, 5.41) is 10.7. The lowest BCUT2D eigenvalue weighted by Gasteiger charge is -2.21. The first kappa shape index (κ1) is 105. The highest BCUT2D eigenvalue weighted by molar-refractivity contribution is 7.47. The Morgan fingerprint density at radius 1 is 0.224 bits per heavy atom. The van der Waals surface area contributed by atoms with Gasteiger partial charge in [0.05, 0.1) is 26.4 Å². The summed E-state index contributed by atoms with van der Waals surface area (Å²) in [4.78, 5) is 73.3. The summed E-state index contributed by atoms with van der Waals surface area (Å²) in [6, 6.07) is 0. The van der Waals surface area contributed by atoms with Gasteiger partial charge in [0.2, 0.25) is 0 Å². The second kappa shape index (κ2) is 82.1. The summed E-state index contributed by atoms with van der Waals surface area (Å²) in [6.07, 6.45) is 77.8. The number of carbonyl (C=O) groups excluding carboxylic acids is 4. The summed E-state index contributed by atoms with van der Waals surface area (Å²) in [5.41, 5.74) is 0. The summed E-state index contributed by atoms with van der Waals surface area (Å²) in [6.45, 7) is 5.07. The first-order chi connectivity index (χ1) is 52.2. The lowest BCUT2D eigenvalue weighted by atomic mass is 10.0. The van der Waals surface area contributed by atoms with Crippen LogP contribution < -0.4 is 0 Å². The number of hydrogen-bond acceptors (Lipinski definition) is 15. The van der Waals surface area contributed by atoms with E-state index in [4.69, 9.17) is 37.0 Å². The van der Waals surface area contributed by atoms with Crippen molar-refractivity contribution in [2.24, 2.45) is 0 Å². The van der Waals surface area contributed by atoms with Crippen molar-refractivity contribution < 1.29 is 80.2 Å². The van der Waals surface area contributed by atoms with Crippen LogP contribution in [0.2, 0.25) is 0 Å². The lowest BCUT2D eigenvalue weighted by Crippen LogP contribution is -2.30. The molecule has 3 N–H and O–H groups in total. The highest BCUT2D eigenvalue weighted by atomic mass is 31.2. The van der Waals surface area contributed by atoms with E-state index in [-0.39, 0.29) is 25.7 Å². The Morgan fingerprint density at radius 2 is 0.374 bits per heavy atom. The zero-order chi connectivity index (χ0) is 78.1. The molecule has 5 atom stereocenters. The van der Waals surface area contributed by atoms with Gasteiger partial charge in [-0.2, -0.15) is 0 Å². The molecule has 0 aliphatic rings. The largest absolute Gasteiger partial charge is 0.472 e. The molecule has 0 fully saturated rings. The van der Waals surface area contributed by atoms with E-state index < -0.39 is 97.5 Å². The summed E-state index contributed by atoms with van der Waals surface area (Å²) >= 11 is 0. The molecule has 0 bridgehead atoms. The van der Waals surface area contributed by atoms with Gasteiger partial charge in [0.15, 0.2) is 12.2 Å². The van der Waals surface area contributed by atoms with E-state index in [1.807, 2.05) is 0 Å². The van der Waals surface area contributed by atoms with Crippen molar-refractivity contribution in [3.63, 3.8) is 0 Å². The van der Waals surface area contributed by atoms with Crippen molar-refractivity contribution in [2.75, 3.05) is 39.6 Å². The van der Waals surface area contributed by atoms with Crippen molar-refractivity contribution in [3.05, 3.63) is 0 Å². The van der Waals surface area contributed by atoms with Gasteiger partial charge in [-0.25, -0.2) is 9.13 Å². The van der Waals surface area contributed by atoms with E-state index in [0.717, 1.165) is 89.9 Å². The molecule has 0 spiro atoms. The fraction of sp³-hybridized carbons (Fsp3) is 0.955. The SMILES string of the molecule is CCCCCCCCCCCCCCCCCCCCCCCC(=O)O[C@H](COC(=O)CCCCCCCCCCCCCCCCCCCCC)COP(=O)(O)OC[C@@H](O)COP(=O)(O)OC[C@@H](COC(=O)CCCCCCCCCCCCC)OC(=O)CCCCCCCCCCCCCCCCCC. The maximum absolute atomic E-state index is 13.2. The fourth-order valence-corrected chi connectivity index (χ4v) is 15.5. The number of rotatable bonds is 89. The van der Waals surface area contributed by atoms with Gasteiger partial charge >= 0.3 is 39.5 Å². The third kappa shape index (κ3) is 81.9. The van der Waals surface area contributed by atoms with Gasteiger partial charge < -0.3 is 33.8 Å². The van der Waals surface area contributed by atoms with Crippen LogP contribution in [0.3, 0.4) is 0 Å². The molecule has 17 nitrogen and oxygen atoms in total. The average molecular weight is 1560 g/mol. The quantitative estimate of drug-likeness (QED) is 0.0222. The number of phosphoric ester groups is 2. The highest BCUT2D eigenvalue weighted by Gasteiger charge is 2.30. The monoisotopic (exact) mass is 1560 g/mol. The summed E-state index contributed by atoms with van der Waals surface area (Å²) in [7, 11) is -9.93. The normalized spacial score (nSPS) is 13.7. The fourth-order valence-electron chi connectivity index (χ4n) is 13.9. The van der Waals surface area contributed by atoms with Crippen molar-refractivity contribution in [3.8, 4) is 0 Å². The molecule has 0 aliphatic carbocycles. The van der Waals surface area contributed by atoms with Crippen molar-refractivity contribution >= 4 is 39.5 Å². The minimum atomic E-state index is -4.97. The van der Waals surface area contributed by atoms with Gasteiger partial charge in [-0.3, -0.25) is 37.3 Å². The smallest absolute Gasteiger partial charge is 0.462 e. The number of ether oxygens (including phenoxy) is 4. The van der Waals surface area contributed by atoms with Crippen LogP contribution in [0, 0.1) is 0 Å². The van der Waals surface area contributed by atoms with Crippen LogP contribution in [-0.4, -0.2) is 96.7 Å². The minimum Gasteiger partial charge on any atom is -0.462 e. The number of carbonyl (C=O) groups is 4. The Labute approximate surface area is 658 Å². The number of aliphatic hydroxyl groups excluding tert-OH is 1.